The molecule has 0 fully saturated rings. The number of nitro groups is 1. The summed E-state index contributed by atoms with van der Waals surface area (Å²) in [6.07, 6.45) is 1.41. The van der Waals surface area contributed by atoms with E-state index in [-0.39, 0.29) is 5.69 Å². The fraction of sp³-hybridized carbons (Fsp3) is 0.125. The predicted octanol–water partition coefficient (Wildman–Crippen LogP) is 1.58. The van der Waals surface area contributed by atoms with E-state index in [9.17, 15) is 10.1 Å². The van der Waals surface area contributed by atoms with Gasteiger partial charge in [0, 0.05) is 17.7 Å². The smallest absolute Gasteiger partial charge is 0.270 e. The molecule has 13 heavy (non-hydrogen) atoms. The Kier molecular flexibility index (Phi) is 2.97. The average molecular weight is 180 g/mol. The topological polar surface area (TPSA) is 64.7 Å². The summed E-state index contributed by atoms with van der Waals surface area (Å²) in [6, 6.07) is 6.14. The Morgan fingerprint density at radius 3 is 3.00 bits per heavy atom. The maximum absolute atomic E-state index is 10.4. The van der Waals surface area contributed by atoms with Crippen LogP contribution in [0.5, 0.6) is 0 Å². The Bertz CT molecular complexity index is 336. The Morgan fingerprint density at radius 2 is 2.38 bits per heavy atom. The van der Waals surface area contributed by atoms with E-state index in [1.807, 2.05) is 0 Å². The van der Waals surface area contributed by atoms with Gasteiger partial charge in [0.15, 0.2) is 0 Å². The van der Waals surface area contributed by atoms with Gasteiger partial charge in [0.05, 0.1) is 11.1 Å². The fourth-order valence-corrected chi connectivity index (χ4v) is 0.832. The minimum atomic E-state index is -0.454. The van der Waals surface area contributed by atoms with Gasteiger partial charge in [0.25, 0.3) is 5.69 Å². The summed E-state index contributed by atoms with van der Waals surface area (Å²) in [5.74, 6) is 0. The molecule has 0 atom stereocenters. The summed E-state index contributed by atoms with van der Waals surface area (Å²) in [6.45, 7) is 0. The van der Waals surface area contributed by atoms with Crippen LogP contribution in [0, 0.1) is 10.1 Å². The zero-order chi connectivity index (χ0) is 9.68. The summed E-state index contributed by atoms with van der Waals surface area (Å²) < 4.78 is 0. The van der Waals surface area contributed by atoms with Crippen LogP contribution in [0.15, 0.2) is 29.4 Å². The van der Waals surface area contributed by atoms with E-state index in [0.717, 1.165) is 0 Å². The summed E-state index contributed by atoms with van der Waals surface area (Å²) in [4.78, 5) is 14.3. The van der Waals surface area contributed by atoms with Crippen LogP contribution in [-0.4, -0.2) is 18.2 Å². The minimum absolute atomic E-state index is 0.0417. The van der Waals surface area contributed by atoms with Gasteiger partial charge < -0.3 is 4.84 Å². The second kappa shape index (κ2) is 4.20. The lowest BCUT2D eigenvalue weighted by Crippen LogP contribution is -1.89. The predicted molar refractivity (Wildman–Crippen MR) is 47.7 cm³/mol. The first-order valence-corrected chi connectivity index (χ1v) is 3.55. The molecule has 0 radical (unpaired) electrons. The Hall–Kier alpha value is -1.91. The van der Waals surface area contributed by atoms with Crippen molar-refractivity contribution in [1.82, 2.24) is 0 Å². The second-order valence-corrected chi connectivity index (χ2v) is 2.27. The molecule has 1 aromatic rings. The number of nitro benzene ring substituents is 1. The van der Waals surface area contributed by atoms with E-state index >= 15 is 0 Å². The van der Waals surface area contributed by atoms with Gasteiger partial charge in [0.1, 0.15) is 7.11 Å². The lowest BCUT2D eigenvalue weighted by molar-refractivity contribution is -0.384. The highest BCUT2D eigenvalue weighted by Crippen LogP contribution is 2.11. The summed E-state index contributed by atoms with van der Waals surface area (Å²) in [7, 11) is 1.41. The molecule has 0 saturated heterocycles. The molecule has 0 aliphatic rings. The molecule has 0 aliphatic heterocycles. The lowest BCUT2D eigenvalue weighted by Gasteiger charge is -1.92. The van der Waals surface area contributed by atoms with Gasteiger partial charge in [-0.15, -0.1) is 0 Å². The molecule has 0 aromatic heterocycles. The van der Waals surface area contributed by atoms with Gasteiger partial charge in [-0.05, 0) is 0 Å². The highest BCUT2D eigenvalue weighted by atomic mass is 16.6. The highest BCUT2D eigenvalue weighted by molar-refractivity contribution is 5.80. The zero-order valence-electron chi connectivity index (χ0n) is 7.01. The van der Waals surface area contributed by atoms with Gasteiger partial charge in [-0.1, -0.05) is 17.3 Å². The van der Waals surface area contributed by atoms with Crippen molar-refractivity contribution < 1.29 is 9.76 Å². The SMILES string of the molecule is CO/N=C\c1cccc([N+](=O)[O-])c1. The molecule has 5 heteroatoms. The number of nitrogens with zero attached hydrogens (tertiary/aromatic N) is 2. The quantitative estimate of drug-likeness (QED) is 0.403. The number of hydrogen-bond donors (Lipinski definition) is 0. The third-order valence-electron chi connectivity index (χ3n) is 1.39. The molecule has 1 aromatic carbocycles. The van der Waals surface area contributed by atoms with E-state index in [2.05, 4.69) is 9.99 Å². The first-order chi connectivity index (χ1) is 6.24. The molecule has 0 aliphatic carbocycles. The van der Waals surface area contributed by atoms with Crippen LogP contribution in [-0.2, 0) is 4.84 Å². The normalized spacial score (nSPS) is 10.2. The van der Waals surface area contributed by atoms with E-state index in [0.29, 0.717) is 5.56 Å². The molecule has 0 N–H and O–H groups in total. The van der Waals surface area contributed by atoms with E-state index in [1.165, 1.54) is 25.5 Å². The molecule has 0 saturated carbocycles. The van der Waals surface area contributed by atoms with Crippen LogP contribution in [0.3, 0.4) is 0 Å². The van der Waals surface area contributed by atoms with E-state index in [1.54, 1.807) is 12.1 Å². The Labute approximate surface area is 74.8 Å². The Balaban J connectivity index is 2.92. The van der Waals surface area contributed by atoms with Crippen molar-refractivity contribution in [1.29, 1.82) is 0 Å². The molecule has 0 amide bonds. The van der Waals surface area contributed by atoms with Crippen LogP contribution in [0.4, 0.5) is 5.69 Å². The Morgan fingerprint density at radius 1 is 1.62 bits per heavy atom. The van der Waals surface area contributed by atoms with Crippen LogP contribution >= 0.6 is 0 Å². The molecular weight excluding hydrogens is 172 g/mol. The van der Waals surface area contributed by atoms with Gasteiger partial charge in [-0.3, -0.25) is 10.1 Å². The summed E-state index contributed by atoms with van der Waals surface area (Å²) in [5.41, 5.74) is 0.677. The zero-order valence-corrected chi connectivity index (χ0v) is 7.01. The van der Waals surface area contributed by atoms with Crippen molar-refractivity contribution in [2.75, 3.05) is 7.11 Å². The molecule has 0 heterocycles. The molecular formula is C8H8N2O3. The number of rotatable bonds is 3. The first kappa shape index (κ1) is 9.18. The van der Waals surface area contributed by atoms with Crippen LogP contribution in [0.1, 0.15) is 5.56 Å². The number of benzene rings is 1. The van der Waals surface area contributed by atoms with Gasteiger partial charge in [-0.25, -0.2) is 0 Å². The van der Waals surface area contributed by atoms with Gasteiger partial charge >= 0.3 is 0 Å². The van der Waals surface area contributed by atoms with E-state index < -0.39 is 4.92 Å². The molecule has 0 bridgehead atoms. The minimum Gasteiger partial charge on any atom is -0.399 e. The number of non-ortho nitro benzene ring substituents is 1. The molecule has 1 rings (SSSR count). The van der Waals surface area contributed by atoms with Gasteiger partial charge in [0.2, 0.25) is 0 Å². The van der Waals surface area contributed by atoms with Crippen molar-refractivity contribution in [2.45, 2.75) is 0 Å². The maximum Gasteiger partial charge on any atom is 0.270 e. The van der Waals surface area contributed by atoms with Crippen molar-refractivity contribution in [3.05, 3.63) is 39.9 Å². The summed E-state index contributed by atoms with van der Waals surface area (Å²) >= 11 is 0. The monoisotopic (exact) mass is 180 g/mol. The lowest BCUT2D eigenvalue weighted by atomic mass is 10.2. The largest absolute Gasteiger partial charge is 0.399 e. The molecule has 5 nitrogen and oxygen atoms in total. The first-order valence-electron chi connectivity index (χ1n) is 3.55. The average Bonchev–Trinajstić information content (AvgIpc) is 2.15. The van der Waals surface area contributed by atoms with Crippen LogP contribution in [0.2, 0.25) is 0 Å². The van der Waals surface area contributed by atoms with E-state index in [4.69, 9.17) is 0 Å². The van der Waals surface area contributed by atoms with Crippen molar-refractivity contribution in [3.8, 4) is 0 Å². The van der Waals surface area contributed by atoms with Crippen molar-refractivity contribution in [2.24, 2.45) is 5.16 Å². The number of oxime groups is 1. The van der Waals surface area contributed by atoms with Crippen molar-refractivity contribution in [3.63, 3.8) is 0 Å². The standard InChI is InChI=1S/C8H8N2O3/c1-13-9-6-7-3-2-4-8(5-7)10(11)12/h2-6H,1H3/b9-6-. The third-order valence-corrected chi connectivity index (χ3v) is 1.39. The summed E-state index contributed by atoms with van der Waals surface area (Å²) in [5, 5.41) is 13.9. The van der Waals surface area contributed by atoms with Crippen LogP contribution < -0.4 is 0 Å². The maximum atomic E-state index is 10.4. The fourth-order valence-electron chi connectivity index (χ4n) is 0.832. The highest BCUT2D eigenvalue weighted by Gasteiger charge is 2.03. The second-order valence-electron chi connectivity index (χ2n) is 2.27. The molecule has 68 valence electrons. The number of hydrogen-bond acceptors (Lipinski definition) is 4. The van der Waals surface area contributed by atoms with Crippen LogP contribution in [0.25, 0.3) is 0 Å². The third kappa shape index (κ3) is 2.55. The van der Waals surface area contributed by atoms with Gasteiger partial charge in [-0.2, -0.15) is 0 Å². The van der Waals surface area contributed by atoms with Crippen molar-refractivity contribution >= 4 is 11.9 Å². The molecule has 0 spiro atoms. The molecule has 0 unspecified atom stereocenters.